The van der Waals surface area contributed by atoms with E-state index >= 15 is 0 Å². The molecule has 19 heavy (non-hydrogen) atoms. The number of halogens is 3. The fourth-order valence-corrected chi connectivity index (χ4v) is 2.03. The lowest BCUT2D eigenvalue weighted by molar-refractivity contribution is -0.141. The van der Waals surface area contributed by atoms with Gasteiger partial charge in [-0.3, -0.25) is 0 Å². The molecule has 0 unspecified atom stereocenters. The Morgan fingerprint density at radius 3 is 2.32 bits per heavy atom. The average Bonchev–Trinajstić information content (AvgIpc) is 2.36. The number of rotatable bonds is 2. The SMILES string of the molecule is CSC(C)(C)c1ccc2cc(C(F)(F)F)nnc2c1. The molecule has 0 saturated heterocycles. The van der Waals surface area contributed by atoms with E-state index in [1.807, 2.05) is 12.3 Å². The third-order valence-electron chi connectivity index (χ3n) is 3.08. The van der Waals surface area contributed by atoms with E-state index in [9.17, 15) is 13.2 Å². The number of alkyl halides is 3. The summed E-state index contributed by atoms with van der Waals surface area (Å²) in [5.74, 6) is 0. The van der Waals surface area contributed by atoms with Gasteiger partial charge in [0, 0.05) is 10.1 Å². The van der Waals surface area contributed by atoms with Crippen LogP contribution in [0.1, 0.15) is 25.1 Å². The van der Waals surface area contributed by atoms with Crippen LogP contribution in [-0.4, -0.2) is 16.5 Å². The van der Waals surface area contributed by atoms with Crippen molar-refractivity contribution in [3.63, 3.8) is 0 Å². The fraction of sp³-hybridized carbons (Fsp3) is 0.385. The molecule has 102 valence electrons. The standard InChI is InChI=1S/C13H13F3N2S/c1-12(2,19-3)9-5-4-8-6-11(13(14,15)16)18-17-10(8)7-9/h4-7H,1-3H3. The van der Waals surface area contributed by atoms with E-state index in [1.165, 1.54) is 0 Å². The summed E-state index contributed by atoms with van der Waals surface area (Å²) in [6.07, 6.45) is -2.47. The minimum absolute atomic E-state index is 0.113. The van der Waals surface area contributed by atoms with Crippen molar-refractivity contribution < 1.29 is 13.2 Å². The highest BCUT2D eigenvalue weighted by atomic mass is 32.2. The van der Waals surface area contributed by atoms with Crippen molar-refractivity contribution in [1.82, 2.24) is 10.2 Å². The second-order valence-corrected chi connectivity index (χ2v) is 6.14. The Hall–Kier alpha value is -1.30. The van der Waals surface area contributed by atoms with Gasteiger partial charge >= 0.3 is 6.18 Å². The van der Waals surface area contributed by atoms with E-state index in [1.54, 1.807) is 23.9 Å². The van der Waals surface area contributed by atoms with E-state index in [0.717, 1.165) is 11.6 Å². The Labute approximate surface area is 113 Å². The molecule has 0 saturated carbocycles. The van der Waals surface area contributed by atoms with Gasteiger partial charge in [0.25, 0.3) is 0 Å². The molecule has 0 N–H and O–H groups in total. The Morgan fingerprint density at radius 2 is 1.74 bits per heavy atom. The van der Waals surface area contributed by atoms with Crippen LogP contribution in [0.4, 0.5) is 13.2 Å². The van der Waals surface area contributed by atoms with E-state index < -0.39 is 11.9 Å². The zero-order chi connectivity index (χ0) is 14.3. The molecule has 0 amide bonds. The highest BCUT2D eigenvalue weighted by molar-refractivity contribution is 7.99. The van der Waals surface area contributed by atoms with Gasteiger partial charge in [0.2, 0.25) is 0 Å². The lowest BCUT2D eigenvalue weighted by Crippen LogP contribution is -2.12. The molecule has 6 heteroatoms. The van der Waals surface area contributed by atoms with Crippen LogP contribution in [-0.2, 0) is 10.9 Å². The van der Waals surface area contributed by atoms with Gasteiger partial charge in [0.15, 0.2) is 5.69 Å². The summed E-state index contributed by atoms with van der Waals surface area (Å²) >= 11 is 1.67. The molecule has 0 spiro atoms. The minimum Gasteiger partial charge on any atom is -0.164 e. The number of fused-ring (bicyclic) bond motifs is 1. The van der Waals surface area contributed by atoms with Crippen molar-refractivity contribution in [3.05, 3.63) is 35.5 Å². The molecule has 2 nitrogen and oxygen atoms in total. The number of aromatic nitrogens is 2. The zero-order valence-corrected chi connectivity index (χ0v) is 11.6. The summed E-state index contributed by atoms with van der Waals surface area (Å²) in [6, 6.07) is 6.31. The second-order valence-electron chi connectivity index (χ2n) is 4.72. The molecule has 0 aliphatic rings. The van der Waals surface area contributed by atoms with Crippen molar-refractivity contribution in [1.29, 1.82) is 0 Å². The van der Waals surface area contributed by atoms with Gasteiger partial charge in [0.05, 0.1) is 5.52 Å². The molecular weight excluding hydrogens is 273 g/mol. The third kappa shape index (κ3) is 2.83. The number of nitrogens with zero attached hydrogens (tertiary/aromatic N) is 2. The van der Waals surface area contributed by atoms with Crippen molar-refractivity contribution in [3.8, 4) is 0 Å². The molecule has 1 heterocycles. The van der Waals surface area contributed by atoms with E-state index in [0.29, 0.717) is 10.9 Å². The van der Waals surface area contributed by atoms with Gasteiger partial charge in [-0.05, 0) is 37.8 Å². The predicted molar refractivity (Wildman–Crippen MR) is 71.1 cm³/mol. The Balaban J connectivity index is 2.53. The molecule has 2 aromatic rings. The topological polar surface area (TPSA) is 25.8 Å². The predicted octanol–water partition coefficient (Wildman–Crippen LogP) is 4.25. The maximum absolute atomic E-state index is 12.5. The first-order valence-corrected chi connectivity index (χ1v) is 6.87. The maximum atomic E-state index is 12.5. The van der Waals surface area contributed by atoms with Gasteiger partial charge in [0.1, 0.15) is 0 Å². The summed E-state index contributed by atoms with van der Waals surface area (Å²) < 4.78 is 37.5. The summed E-state index contributed by atoms with van der Waals surface area (Å²) in [7, 11) is 0. The van der Waals surface area contributed by atoms with Gasteiger partial charge < -0.3 is 0 Å². The third-order valence-corrected chi connectivity index (χ3v) is 4.34. The summed E-state index contributed by atoms with van der Waals surface area (Å²) in [5.41, 5.74) is 0.533. The lowest BCUT2D eigenvalue weighted by atomic mass is 10.0. The van der Waals surface area contributed by atoms with Crippen LogP contribution in [0.3, 0.4) is 0 Å². The Kier molecular flexibility index (Phi) is 3.47. The summed E-state index contributed by atoms with van der Waals surface area (Å²) in [5, 5.41) is 7.37. The Bertz CT molecular complexity index is 608. The Morgan fingerprint density at radius 1 is 1.05 bits per heavy atom. The molecule has 0 aliphatic carbocycles. The van der Waals surface area contributed by atoms with Crippen LogP contribution < -0.4 is 0 Å². The van der Waals surface area contributed by atoms with E-state index in [2.05, 4.69) is 24.0 Å². The van der Waals surface area contributed by atoms with Gasteiger partial charge in [-0.1, -0.05) is 12.1 Å². The molecule has 1 aromatic heterocycles. The largest absolute Gasteiger partial charge is 0.435 e. The normalized spacial score (nSPS) is 12.9. The van der Waals surface area contributed by atoms with Crippen LogP contribution in [0.25, 0.3) is 10.9 Å². The first-order chi connectivity index (χ1) is 8.74. The molecule has 0 radical (unpaired) electrons. The number of hydrogen-bond donors (Lipinski definition) is 0. The molecule has 0 bridgehead atoms. The number of hydrogen-bond acceptors (Lipinski definition) is 3. The number of benzene rings is 1. The minimum atomic E-state index is -4.46. The van der Waals surface area contributed by atoms with Crippen LogP contribution >= 0.6 is 11.8 Å². The van der Waals surface area contributed by atoms with Gasteiger partial charge in [-0.2, -0.15) is 24.9 Å². The fourth-order valence-electron chi connectivity index (χ4n) is 1.67. The van der Waals surface area contributed by atoms with Crippen molar-refractivity contribution in [2.75, 3.05) is 6.26 Å². The molecule has 0 atom stereocenters. The molecular formula is C13H13F3N2S. The van der Waals surface area contributed by atoms with Crippen LogP contribution in [0, 0.1) is 0 Å². The first kappa shape index (κ1) is 14.1. The summed E-state index contributed by atoms with van der Waals surface area (Å²) in [4.78, 5) is 0. The van der Waals surface area contributed by atoms with Crippen molar-refractivity contribution in [2.45, 2.75) is 24.8 Å². The van der Waals surface area contributed by atoms with E-state index in [-0.39, 0.29) is 4.75 Å². The highest BCUT2D eigenvalue weighted by Gasteiger charge is 2.33. The van der Waals surface area contributed by atoms with Crippen LogP contribution in [0.15, 0.2) is 24.3 Å². The molecule has 0 fully saturated rings. The van der Waals surface area contributed by atoms with Gasteiger partial charge in [-0.25, -0.2) is 0 Å². The summed E-state index contributed by atoms with van der Waals surface area (Å²) in [6.45, 7) is 4.10. The lowest BCUT2D eigenvalue weighted by Gasteiger charge is -2.22. The van der Waals surface area contributed by atoms with Crippen molar-refractivity contribution >= 4 is 22.7 Å². The average molecular weight is 286 g/mol. The quantitative estimate of drug-likeness (QED) is 0.825. The smallest absolute Gasteiger partial charge is 0.164 e. The number of thioether (sulfide) groups is 1. The van der Waals surface area contributed by atoms with Gasteiger partial charge in [-0.15, -0.1) is 10.2 Å². The highest BCUT2D eigenvalue weighted by Crippen LogP contribution is 2.35. The van der Waals surface area contributed by atoms with Crippen LogP contribution in [0.5, 0.6) is 0 Å². The maximum Gasteiger partial charge on any atom is 0.435 e. The molecule has 0 aliphatic heterocycles. The first-order valence-electron chi connectivity index (χ1n) is 5.64. The van der Waals surface area contributed by atoms with Crippen LogP contribution in [0.2, 0.25) is 0 Å². The second kappa shape index (κ2) is 4.67. The van der Waals surface area contributed by atoms with E-state index in [4.69, 9.17) is 0 Å². The zero-order valence-electron chi connectivity index (χ0n) is 10.7. The molecule has 1 aromatic carbocycles. The molecule has 2 rings (SSSR count). The monoisotopic (exact) mass is 286 g/mol. The van der Waals surface area contributed by atoms with Crippen molar-refractivity contribution in [2.24, 2.45) is 0 Å².